The summed E-state index contributed by atoms with van der Waals surface area (Å²) in [4.78, 5) is 1.43. The fourth-order valence-corrected chi connectivity index (χ4v) is 6.15. The molecule has 1 heterocycles. The van der Waals surface area contributed by atoms with Gasteiger partial charge in [-0.25, -0.2) is 13.1 Å². The lowest BCUT2D eigenvalue weighted by molar-refractivity contribution is 0.395. The van der Waals surface area contributed by atoms with Crippen LogP contribution in [0.4, 0.5) is 0 Å². The van der Waals surface area contributed by atoms with Gasteiger partial charge in [-0.15, -0.1) is 11.3 Å². The van der Waals surface area contributed by atoms with Crippen LogP contribution >= 0.6 is 23.1 Å². The Bertz CT molecular complexity index is 548. The van der Waals surface area contributed by atoms with Crippen molar-refractivity contribution in [1.29, 1.82) is 0 Å². The number of thiophene rings is 1. The van der Waals surface area contributed by atoms with Crippen molar-refractivity contribution in [3.63, 3.8) is 0 Å². The smallest absolute Gasteiger partial charge is 0.241 e. The molecule has 0 radical (unpaired) electrons. The lowest BCUT2D eigenvalue weighted by Gasteiger charge is -2.35. The van der Waals surface area contributed by atoms with Crippen LogP contribution in [-0.2, 0) is 16.6 Å². The molecule has 0 aromatic carbocycles. The number of hydrogen-bond donors (Lipinski definition) is 2. The zero-order chi connectivity index (χ0) is 15.3. The molecule has 0 unspecified atom stereocenters. The van der Waals surface area contributed by atoms with Gasteiger partial charge in [0.05, 0.1) is 4.90 Å². The third-order valence-corrected chi connectivity index (χ3v) is 7.96. The van der Waals surface area contributed by atoms with Crippen molar-refractivity contribution in [3.8, 4) is 0 Å². The third-order valence-electron chi connectivity index (χ3n) is 4.07. The number of rotatable bonds is 7. The average Bonchev–Trinajstić information content (AvgIpc) is 2.96. The second-order valence-corrected chi connectivity index (χ2v) is 9.59. The standard InChI is InChI=1S/C14H24N2O2S3/c1-15-9-12-8-13(10-20-12)21(17,18)16-11-14(19-2)6-4-3-5-7-14/h8,10,15-16H,3-7,9,11H2,1-2H3. The van der Waals surface area contributed by atoms with Crippen LogP contribution in [0.2, 0.25) is 0 Å². The normalized spacial score (nSPS) is 18.8. The van der Waals surface area contributed by atoms with E-state index in [4.69, 9.17) is 0 Å². The number of hydrogen-bond acceptors (Lipinski definition) is 5. The molecular weight excluding hydrogens is 324 g/mol. The van der Waals surface area contributed by atoms with Crippen LogP contribution in [0.15, 0.2) is 16.3 Å². The maximum atomic E-state index is 12.4. The van der Waals surface area contributed by atoms with E-state index in [9.17, 15) is 8.42 Å². The molecule has 0 atom stereocenters. The largest absolute Gasteiger partial charge is 0.315 e. The number of thioether (sulfide) groups is 1. The summed E-state index contributed by atoms with van der Waals surface area (Å²) >= 11 is 3.29. The molecule has 0 bridgehead atoms. The molecule has 1 aliphatic rings. The fraction of sp³-hybridized carbons (Fsp3) is 0.714. The average molecular weight is 349 g/mol. The summed E-state index contributed by atoms with van der Waals surface area (Å²) in [5.41, 5.74) is 0. The Hall–Kier alpha value is -0.0800. The predicted octanol–water partition coefficient (Wildman–Crippen LogP) is 2.81. The quantitative estimate of drug-likeness (QED) is 0.795. The lowest BCUT2D eigenvalue weighted by atomic mass is 9.88. The second kappa shape index (κ2) is 7.46. The van der Waals surface area contributed by atoms with Crippen LogP contribution in [0, 0.1) is 0 Å². The van der Waals surface area contributed by atoms with Crippen LogP contribution in [-0.4, -0.2) is 33.0 Å². The van der Waals surface area contributed by atoms with Crippen molar-refractivity contribution in [2.45, 2.75) is 48.3 Å². The minimum Gasteiger partial charge on any atom is -0.315 e. The molecule has 120 valence electrons. The Morgan fingerprint density at radius 2 is 2.05 bits per heavy atom. The van der Waals surface area contributed by atoms with E-state index in [1.807, 2.05) is 18.8 Å². The number of nitrogens with one attached hydrogen (secondary N) is 2. The molecule has 1 aromatic rings. The molecule has 0 amide bonds. The van der Waals surface area contributed by atoms with E-state index in [0.29, 0.717) is 18.0 Å². The van der Waals surface area contributed by atoms with Gasteiger partial charge in [-0.2, -0.15) is 11.8 Å². The van der Waals surface area contributed by atoms with Crippen LogP contribution < -0.4 is 10.0 Å². The summed E-state index contributed by atoms with van der Waals surface area (Å²) in [5, 5.41) is 4.76. The summed E-state index contributed by atoms with van der Waals surface area (Å²) in [6, 6.07) is 1.76. The van der Waals surface area contributed by atoms with Crippen molar-refractivity contribution in [2.24, 2.45) is 0 Å². The molecule has 7 heteroatoms. The van der Waals surface area contributed by atoms with E-state index >= 15 is 0 Å². The first-order valence-electron chi connectivity index (χ1n) is 7.28. The molecule has 2 rings (SSSR count). The van der Waals surface area contributed by atoms with Gasteiger partial charge in [0.25, 0.3) is 0 Å². The molecule has 1 aliphatic carbocycles. The first-order chi connectivity index (χ1) is 10.0. The molecule has 1 fully saturated rings. The fourth-order valence-electron chi connectivity index (χ4n) is 2.73. The van der Waals surface area contributed by atoms with Crippen molar-refractivity contribution in [1.82, 2.24) is 10.0 Å². The molecule has 0 saturated heterocycles. The van der Waals surface area contributed by atoms with Gasteiger partial charge in [-0.05, 0) is 32.2 Å². The highest BCUT2D eigenvalue weighted by Gasteiger charge is 2.32. The molecule has 1 saturated carbocycles. The first kappa shape index (κ1) is 17.3. The van der Waals surface area contributed by atoms with E-state index in [1.54, 1.807) is 11.4 Å². The summed E-state index contributed by atoms with van der Waals surface area (Å²) < 4.78 is 27.7. The minimum absolute atomic E-state index is 0.0785. The molecule has 4 nitrogen and oxygen atoms in total. The summed E-state index contributed by atoms with van der Waals surface area (Å²) in [6.45, 7) is 1.24. The zero-order valence-corrected chi connectivity index (χ0v) is 15.1. The van der Waals surface area contributed by atoms with Crippen LogP contribution in [0.5, 0.6) is 0 Å². The van der Waals surface area contributed by atoms with Crippen LogP contribution in [0.1, 0.15) is 37.0 Å². The minimum atomic E-state index is -3.39. The summed E-state index contributed by atoms with van der Waals surface area (Å²) in [7, 11) is -1.53. The van der Waals surface area contributed by atoms with Gasteiger partial charge < -0.3 is 5.32 Å². The van der Waals surface area contributed by atoms with Crippen molar-refractivity contribution in [3.05, 3.63) is 16.3 Å². The van der Waals surface area contributed by atoms with Crippen molar-refractivity contribution in [2.75, 3.05) is 19.8 Å². The van der Waals surface area contributed by atoms with Gasteiger partial charge in [-0.3, -0.25) is 0 Å². The van der Waals surface area contributed by atoms with Gasteiger partial charge >= 0.3 is 0 Å². The highest BCUT2D eigenvalue weighted by Crippen LogP contribution is 2.38. The molecule has 21 heavy (non-hydrogen) atoms. The second-order valence-electron chi connectivity index (χ2n) is 5.55. The zero-order valence-electron chi connectivity index (χ0n) is 12.6. The Kier molecular flexibility index (Phi) is 6.14. The molecule has 2 N–H and O–H groups in total. The van der Waals surface area contributed by atoms with Gasteiger partial charge in [0.1, 0.15) is 0 Å². The van der Waals surface area contributed by atoms with Crippen LogP contribution in [0.25, 0.3) is 0 Å². The Labute approximate surface area is 136 Å². The maximum Gasteiger partial charge on any atom is 0.241 e. The van der Waals surface area contributed by atoms with E-state index in [2.05, 4.69) is 16.3 Å². The lowest BCUT2D eigenvalue weighted by Crippen LogP contribution is -2.41. The third kappa shape index (κ3) is 4.45. The van der Waals surface area contributed by atoms with Crippen LogP contribution in [0.3, 0.4) is 0 Å². The van der Waals surface area contributed by atoms with Crippen molar-refractivity contribution < 1.29 is 8.42 Å². The van der Waals surface area contributed by atoms with Gasteiger partial charge in [0.2, 0.25) is 10.0 Å². The molecule has 0 aliphatic heterocycles. The highest BCUT2D eigenvalue weighted by molar-refractivity contribution is 8.00. The van der Waals surface area contributed by atoms with Crippen molar-refractivity contribution >= 4 is 33.1 Å². The van der Waals surface area contributed by atoms with E-state index in [0.717, 1.165) is 17.7 Å². The first-order valence-corrected chi connectivity index (χ1v) is 10.9. The monoisotopic (exact) mass is 348 g/mol. The predicted molar refractivity (Wildman–Crippen MR) is 91.6 cm³/mol. The Balaban J connectivity index is 2.02. The number of sulfonamides is 1. The molecule has 1 aromatic heterocycles. The Morgan fingerprint density at radius 1 is 1.33 bits per heavy atom. The SMILES string of the molecule is CNCc1cc(S(=O)(=O)NCC2(SC)CCCCC2)cs1. The maximum absolute atomic E-state index is 12.4. The molecule has 0 spiro atoms. The molecular formula is C14H24N2O2S3. The summed E-state index contributed by atoms with van der Waals surface area (Å²) in [5.74, 6) is 0. The van der Waals surface area contributed by atoms with E-state index in [-0.39, 0.29) is 4.75 Å². The highest BCUT2D eigenvalue weighted by atomic mass is 32.2. The van der Waals surface area contributed by atoms with Gasteiger partial charge in [-0.1, -0.05) is 19.3 Å². The summed E-state index contributed by atoms with van der Waals surface area (Å²) in [6.07, 6.45) is 7.97. The Morgan fingerprint density at radius 3 is 2.67 bits per heavy atom. The van der Waals surface area contributed by atoms with E-state index < -0.39 is 10.0 Å². The van der Waals surface area contributed by atoms with Gasteiger partial charge in [0, 0.05) is 28.1 Å². The van der Waals surface area contributed by atoms with E-state index in [1.165, 1.54) is 30.6 Å². The topological polar surface area (TPSA) is 58.2 Å². The van der Waals surface area contributed by atoms with Gasteiger partial charge in [0.15, 0.2) is 0 Å².